The summed E-state index contributed by atoms with van der Waals surface area (Å²) in [6.07, 6.45) is 3.07. The summed E-state index contributed by atoms with van der Waals surface area (Å²) in [5.41, 5.74) is 0.364. The number of carbonyl (C=O) groups excluding carboxylic acids is 1. The molecule has 0 atom stereocenters. The van der Waals surface area contributed by atoms with Crippen molar-refractivity contribution in [3.05, 3.63) is 23.8 Å². The zero-order valence-corrected chi connectivity index (χ0v) is 15.9. The predicted molar refractivity (Wildman–Crippen MR) is 96.4 cm³/mol. The number of ether oxygens (including phenoxy) is 1. The van der Waals surface area contributed by atoms with Gasteiger partial charge in [0.05, 0.1) is 7.11 Å². The van der Waals surface area contributed by atoms with Gasteiger partial charge in [0.2, 0.25) is 10.0 Å². The van der Waals surface area contributed by atoms with E-state index < -0.39 is 10.0 Å². The third-order valence-electron chi connectivity index (χ3n) is 4.67. The highest BCUT2D eigenvalue weighted by Crippen LogP contribution is 2.27. The Hall–Kier alpha value is -1.64. The number of benzene rings is 1. The maximum atomic E-state index is 12.7. The van der Waals surface area contributed by atoms with Gasteiger partial charge in [-0.2, -0.15) is 0 Å². The van der Waals surface area contributed by atoms with Gasteiger partial charge in [-0.15, -0.1) is 0 Å². The summed E-state index contributed by atoms with van der Waals surface area (Å²) in [6, 6.07) is 4.53. The van der Waals surface area contributed by atoms with Crippen LogP contribution >= 0.6 is 0 Å². The molecule has 2 N–H and O–H groups in total. The second kappa shape index (κ2) is 8.64. The van der Waals surface area contributed by atoms with Crippen molar-refractivity contribution in [2.24, 2.45) is 5.92 Å². The van der Waals surface area contributed by atoms with Gasteiger partial charge in [-0.3, -0.25) is 4.79 Å². The normalized spacial score (nSPS) is 16.0. The molecule has 1 saturated heterocycles. The first-order chi connectivity index (χ1) is 11.9. The Morgan fingerprint density at radius 1 is 1.28 bits per heavy atom. The molecule has 7 nitrogen and oxygen atoms in total. The number of carbonyl (C=O) groups is 1. The van der Waals surface area contributed by atoms with E-state index in [2.05, 4.69) is 10.0 Å². The number of sulfonamides is 1. The summed E-state index contributed by atoms with van der Waals surface area (Å²) >= 11 is 0. The van der Waals surface area contributed by atoms with Crippen LogP contribution in [-0.4, -0.2) is 60.1 Å². The molecule has 0 aliphatic carbocycles. The van der Waals surface area contributed by atoms with Gasteiger partial charge in [0.15, 0.2) is 0 Å². The molecule has 1 amide bonds. The van der Waals surface area contributed by atoms with Crippen LogP contribution in [0.1, 0.15) is 29.6 Å². The van der Waals surface area contributed by atoms with Crippen molar-refractivity contribution in [1.82, 2.24) is 14.9 Å². The average molecular weight is 369 g/mol. The molecule has 8 heteroatoms. The van der Waals surface area contributed by atoms with E-state index in [1.54, 1.807) is 11.0 Å². The van der Waals surface area contributed by atoms with Gasteiger partial charge < -0.3 is 15.0 Å². The molecule has 25 heavy (non-hydrogen) atoms. The highest BCUT2D eigenvalue weighted by atomic mass is 32.2. The maximum absolute atomic E-state index is 12.7. The number of likely N-dealkylation sites (tertiary alicyclic amines) is 1. The lowest BCUT2D eigenvalue weighted by Crippen LogP contribution is -2.39. The molecule has 0 aromatic heterocycles. The van der Waals surface area contributed by atoms with Crippen molar-refractivity contribution in [3.8, 4) is 5.75 Å². The number of methoxy groups -OCH3 is 1. The fraction of sp³-hybridized carbons (Fsp3) is 0.588. The van der Waals surface area contributed by atoms with Crippen molar-refractivity contribution in [2.75, 3.05) is 40.8 Å². The molecule has 1 aromatic rings. The van der Waals surface area contributed by atoms with Gasteiger partial charge in [0.1, 0.15) is 10.6 Å². The second-order valence-electron chi connectivity index (χ2n) is 6.20. The number of amides is 1. The number of piperidine rings is 1. The largest absolute Gasteiger partial charge is 0.495 e. The van der Waals surface area contributed by atoms with Gasteiger partial charge in [-0.25, -0.2) is 13.1 Å². The van der Waals surface area contributed by atoms with E-state index in [1.165, 1.54) is 26.3 Å². The third-order valence-corrected chi connectivity index (χ3v) is 6.11. The fourth-order valence-electron chi connectivity index (χ4n) is 3.09. The number of rotatable bonds is 7. The van der Waals surface area contributed by atoms with E-state index in [-0.39, 0.29) is 16.6 Å². The van der Waals surface area contributed by atoms with Crippen LogP contribution in [0.25, 0.3) is 0 Å². The predicted octanol–water partition coefficient (Wildman–Crippen LogP) is 1.07. The quantitative estimate of drug-likeness (QED) is 0.751. The first-order valence-corrected chi connectivity index (χ1v) is 9.96. The fourth-order valence-corrected chi connectivity index (χ4v) is 4.00. The molecule has 140 valence electrons. The van der Waals surface area contributed by atoms with Crippen molar-refractivity contribution in [3.63, 3.8) is 0 Å². The minimum atomic E-state index is -3.70. The van der Waals surface area contributed by atoms with E-state index in [1.807, 2.05) is 7.05 Å². The zero-order chi connectivity index (χ0) is 18.4. The minimum Gasteiger partial charge on any atom is -0.495 e. The molecule has 1 aromatic carbocycles. The van der Waals surface area contributed by atoms with E-state index >= 15 is 0 Å². The lowest BCUT2D eigenvalue weighted by molar-refractivity contribution is 0.0687. The lowest BCUT2D eigenvalue weighted by atomic mass is 9.93. The first kappa shape index (κ1) is 19.7. The summed E-state index contributed by atoms with van der Waals surface area (Å²) in [5.74, 6) is 0.714. The third kappa shape index (κ3) is 4.71. The highest BCUT2D eigenvalue weighted by Gasteiger charge is 2.25. The Morgan fingerprint density at radius 2 is 1.96 bits per heavy atom. The number of hydrogen-bond donors (Lipinski definition) is 2. The van der Waals surface area contributed by atoms with Gasteiger partial charge in [-0.1, -0.05) is 0 Å². The number of nitrogens with one attached hydrogen (secondary N) is 2. The summed E-state index contributed by atoms with van der Waals surface area (Å²) < 4.78 is 31.7. The molecular formula is C17H27N3O4S. The molecule has 1 fully saturated rings. The Bertz CT molecular complexity index is 698. The number of hydrogen-bond acceptors (Lipinski definition) is 5. The second-order valence-corrected chi connectivity index (χ2v) is 8.06. The van der Waals surface area contributed by atoms with Gasteiger partial charge >= 0.3 is 0 Å². The summed E-state index contributed by atoms with van der Waals surface area (Å²) in [5, 5.41) is 3.16. The topological polar surface area (TPSA) is 87.7 Å². The molecule has 2 rings (SSSR count). The Kier molecular flexibility index (Phi) is 6.80. The molecule has 0 unspecified atom stereocenters. The minimum absolute atomic E-state index is 0.0211. The SMILES string of the molecule is CNCCC1CCN(C(=O)c2ccc(OC)c(S(=O)(=O)NC)c2)CC1. The molecule has 0 spiro atoms. The average Bonchev–Trinajstić information content (AvgIpc) is 2.65. The first-order valence-electron chi connectivity index (χ1n) is 8.48. The van der Waals surface area contributed by atoms with E-state index in [9.17, 15) is 13.2 Å². The van der Waals surface area contributed by atoms with E-state index in [0.717, 1.165) is 25.8 Å². The van der Waals surface area contributed by atoms with Crippen molar-refractivity contribution < 1.29 is 17.9 Å². The molecule has 0 saturated carbocycles. The van der Waals surface area contributed by atoms with E-state index in [0.29, 0.717) is 24.6 Å². The molecule has 1 aliphatic heterocycles. The molecule has 0 radical (unpaired) electrons. The van der Waals surface area contributed by atoms with Crippen LogP contribution in [0.5, 0.6) is 5.75 Å². The summed E-state index contributed by atoms with van der Waals surface area (Å²) in [4.78, 5) is 14.5. The monoisotopic (exact) mass is 369 g/mol. The Labute approximate surface area is 149 Å². The van der Waals surface area contributed by atoms with Crippen LogP contribution in [-0.2, 0) is 10.0 Å². The van der Waals surface area contributed by atoms with Gasteiger partial charge in [0, 0.05) is 18.7 Å². The smallest absolute Gasteiger partial charge is 0.253 e. The van der Waals surface area contributed by atoms with Crippen LogP contribution in [0.2, 0.25) is 0 Å². The van der Waals surface area contributed by atoms with Crippen LogP contribution in [0.15, 0.2) is 23.1 Å². The van der Waals surface area contributed by atoms with Crippen molar-refractivity contribution >= 4 is 15.9 Å². The standard InChI is InChI=1S/C17H27N3O4S/c1-18-9-6-13-7-10-20(11-8-13)17(21)14-4-5-15(24-3)16(12-14)25(22,23)19-2/h4-5,12-13,18-19H,6-11H2,1-3H3. The Morgan fingerprint density at radius 3 is 2.52 bits per heavy atom. The van der Waals surface area contributed by atoms with Crippen LogP contribution in [0.3, 0.4) is 0 Å². The molecule has 0 bridgehead atoms. The van der Waals surface area contributed by atoms with E-state index in [4.69, 9.17) is 4.74 Å². The molecule has 1 aliphatic rings. The Balaban J connectivity index is 2.14. The van der Waals surface area contributed by atoms with Crippen molar-refractivity contribution in [2.45, 2.75) is 24.2 Å². The molecular weight excluding hydrogens is 342 g/mol. The van der Waals surface area contributed by atoms with Crippen LogP contribution in [0, 0.1) is 5.92 Å². The lowest BCUT2D eigenvalue weighted by Gasteiger charge is -2.32. The van der Waals surface area contributed by atoms with Crippen LogP contribution < -0.4 is 14.8 Å². The van der Waals surface area contributed by atoms with Gasteiger partial charge in [0.25, 0.3) is 5.91 Å². The summed E-state index contributed by atoms with van der Waals surface area (Å²) in [7, 11) is 0.981. The highest BCUT2D eigenvalue weighted by molar-refractivity contribution is 7.89. The van der Waals surface area contributed by atoms with Crippen molar-refractivity contribution in [1.29, 1.82) is 0 Å². The maximum Gasteiger partial charge on any atom is 0.253 e. The number of nitrogens with zero attached hydrogens (tertiary/aromatic N) is 1. The zero-order valence-electron chi connectivity index (χ0n) is 15.0. The van der Waals surface area contributed by atoms with Crippen LogP contribution in [0.4, 0.5) is 0 Å². The summed E-state index contributed by atoms with van der Waals surface area (Å²) in [6.45, 7) is 2.39. The molecule has 1 heterocycles. The van der Waals surface area contributed by atoms with Gasteiger partial charge in [-0.05, 0) is 64.0 Å².